The Hall–Kier alpha value is -2.80. The molecule has 3 fully saturated rings. The van der Waals surface area contributed by atoms with Crippen molar-refractivity contribution in [2.75, 3.05) is 19.8 Å². The third kappa shape index (κ3) is 4.26. The molecule has 0 bridgehead atoms. The molecule has 2 amide bonds. The van der Waals surface area contributed by atoms with E-state index >= 15 is 0 Å². The first-order chi connectivity index (χ1) is 15.9. The van der Waals surface area contributed by atoms with Gasteiger partial charge in [-0.25, -0.2) is 8.78 Å². The Morgan fingerprint density at radius 1 is 1.15 bits per heavy atom. The van der Waals surface area contributed by atoms with Crippen LogP contribution in [0.4, 0.5) is 8.78 Å². The van der Waals surface area contributed by atoms with E-state index in [-0.39, 0.29) is 36.8 Å². The van der Waals surface area contributed by atoms with Crippen molar-refractivity contribution < 1.29 is 23.1 Å². The highest BCUT2D eigenvalue weighted by Crippen LogP contribution is 2.42. The summed E-state index contributed by atoms with van der Waals surface area (Å²) < 4.78 is 34.4. The fourth-order valence-electron chi connectivity index (χ4n) is 4.84. The topological polar surface area (TPSA) is 58.6 Å². The molecule has 174 valence electrons. The first-order valence-corrected chi connectivity index (χ1v) is 11.6. The summed E-state index contributed by atoms with van der Waals surface area (Å²) in [5.41, 5.74) is 0.544. The number of amides is 2. The van der Waals surface area contributed by atoms with E-state index in [1.165, 1.54) is 6.07 Å². The number of alkyl halides is 1. The summed E-state index contributed by atoms with van der Waals surface area (Å²) >= 11 is 0. The Balaban J connectivity index is 1.33. The van der Waals surface area contributed by atoms with E-state index in [0.717, 1.165) is 18.4 Å². The molecule has 0 radical (unpaired) electrons. The average molecular weight is 455 g/mol. The van der Waals surface area contributed by atoms with Crippen molar-refractivity contribution in [1.29, 1.82) is 0 Å². The standard InChI is InChI=1S/C26H28F2N2O3/c1-16-7-10-20(21(27)12-16)23(17-8-9-17)29-24(31)22-6-3-11-30(22)25(32)18-4-2-5-19(13-18)26(28)14-33-15-26/h2,4-5,7,10,12-13,17,22-23H,3,6,8-9,11,14-15H2,1H3,(H,29,31)/t22-,23-/m1/s1. The van der Waals surface area contributed by atoms with Gasteiger partial charge in [0.1, 0.15) is 11.9 Å². The molecule has 2 atom stereocenters. The minimum atomic E-state index is -1.56. The second kappa shape index (κ2) is 8.52. The Morgan fingerprint density at radius 3 is 2.61 bits per heavy atom. The molecule has 2 heterocycles. The highest BCUT2D eigenvalue weighted by Gasteiger charge is 2.42. The second-order valence-corrected chi connectivity index (χ2v) is 9.54. The van der Waals surface area contributed by atoms with E-state index in [0.29, 0.717) is 36.1 Å². The van der Waals surface area contributed by atoms with Gasteiger partial charge < -0.3 is 15.0 Å². The molecule has 2 aromatic carbocycles. The molecule has 1 aliphatic carbocycles. The summed E-state index contributed by atoms with van der Waals surface area (Å²) in [6.07, 6.45) is 3.13. The highest BCUT2D eigenvalue weighted by molar-refractivity contribution is 5.98. The van der Waals surface area contributed by atoms with Crippen LogP contribution >= 0.6 is 0 Å². The van der Waals surface area contributed by atoms with Crippen LogP contribution in [-0.2, 0) is 15.2 Å². The lowest BCUT2D eigenvalue weighted by molar-refractivity contribution is -0.135. The Labute approximate surface area is 192 Å². The van der Waals surface area contributed by atoms with E-state index in [1.54, 1.807) is 35.2 Å². The van der Waals surface area contributed by atoms with Crippen LogP contribution in [0.2, 0.25) is 0 Å². The number of rotatable bonds is 6. The summed E-state index contributed by atoms with van der Waals surface area (Å²) in [6, 6.07) is 10.6. The van der Waals surface area contributed by atoms with Crippen LogP contribution in [0, 0.1) is 18.7 Å². The summed E-state index contributed by atoms with van der Waals surface area (Å²) in [4.78, 5) is 28.1. The molecule has 1 N–H and O–H groups in total. The number of carbonyl (C=O) groups is 2. The van der Waals surface area contributed by atoms with Crippen LogP contribution in [-0.4, -0.2) is 42.5 Å². The number of hydrogen-bond acceptors (Lipinski definition) is 3. The fraction of sp³-hybridized carbons (Fsp3) is 0.462. The van der Waals surface area contributed by atoms with Crippen molar-refractivity contribution >= 4 is 11.8 Å². The molecular weight excluding hydrogens is 426 g/mol. The molecule has 0 aromatic heterocycles. The van der Waals surface area contributed by atoms with Crippen molar-refractivity contribution in [3.05, 3.63) is 70.5 Å². The molecule has 2 saturated heterocycles. The van der Waals surface area contributed by atoms with Crippen molar-refractivity contribution in [1.82, 2.24) is 10.2 Å². The van der Waals surface area contributed by atoms with E-state index in [1.807, 2.05) is 13.0 Å². The predicted molar refractivity (Wildman–Crippen MR) is 119 cm³/mol. The maximum atomic E-state index is 14.8. The number of ether oxygens (including phenoxy) is 1. The maximum absolute atomic E-state index is 14.8. The average Bonchev–Trinajstić information content (AvgIpc) is 3.51. The molecule has 5 nitrogen and oxygen atoms in total. The van der Waals surface area contributed by atoms with Gasteiger partial charge >= 0.3 is 0 Å². The smallest absolute Gasteiger partial charge is 0.254 e. The number of hydrogen-bond donors (Lipinski definition) is 1. The lowest BCUT2D eigenvalue weighted by atomic mass is 9.92. The van der Waals surface area contributed by atoms with Gasteiger partial charge in [-0.1, -0.05) is 24.3 Å². The second-order valence-electron chi connectivity index (χ2n) is 9.54. The maximum Gasteiger partial charge on any atom is 0.254 e. The predicted octanol–water partition coefficient (Wildman–Crippen LogP) is 4.20. The van der Waals surface area contributed by atoms with Crippen molar-refractivity contribution in [2.45, 2.75) is 50.4 Å². The quantitative estimate of drug-likeness (QED) is 0.712. The lowest BCUT2D eigenvalue weighted by Crippen LogP contribution is -2.47. The third-order valence-electron chi connectivity index (χ3n) is 6.99. The summed E-state index contributed by atoms with van der Waals surface area (Å²) in [7, 11) is 0. The summed E-state index contributed by atoms with van der Waals surface area (Å²) in [5, 5.41) is 3.04. The minimum Gasteiger partial charge on any atom is -0.374 e. The Kier molecular flexibility index (Phi) is 5.69. The SMILES string of the molecule is Cc1ccc([C@H](NC(=O)[C@H]2CCCN2C(=O)c2cccc(C3(F)COC3)c2)C2CC2)c(F)c1. The van der Waals surface area contributed by atoms with Crippen LogP contribution in [0.5, 0.6) is 0 Å². The molecular formula is C26H28F2N2O3. The number of aryl methyl sites for hydroxylation is 1. The van der Waals surface area contributed by atoms with Gasteiger partial charge in [-0.15, -0.1) is 0 Å². The molecule has 0 unspecified atom stereocenters. The first-order valence-electron chi connectivity index (χ1n) is 11.6. The normalized spacial score (nSPS) is 22.5. The highest BCUT2D eigenvalue weighted by atomic mass is 19.1. The van der Waals surface area contributed by atoms with Gasteiger partial charge in [-0.2, -0.15) is 0 Å². The van der Waals surface area contributed by atoms with Gasteiger partial charge in [0.15, 0.2) is 5.67 Å². The van der Waals surface area contributed by atoms with E-state index in [4.69, 9.17) is 4.74 Å². The van der Waals surface area contributed by atoms with Crippen molar-refractivity contribution in [3.63, 3.8) is 0 Å². The summed E-state index contributed by atoms with van der Waals surface area (Å²) in [5.74, 6) is -0.659. The number of benzene rings is 2. The van der Waals surface area contributed by atoms with Gasteiger partial charge in [0.25, 0.3) is 5.91 Å². The number of halogens is 2. The van der Waals surface area contributed by atoms with Crippen LogP contribution in [0.1, 0.15) is 58.8 Å². The van der Waals surface area contributed by atoms with Gasteiger partial charge in [0.05, 0.1) is 19.3 Å². The molecule has 1 saturated carbocycles. The number of nitrogens with one attached hydrogen (secondary N) is 1. The van der Waals surface area contributed by atoms with E-state index in [9.17, 15) is 18.4 Å². The lowest BCUT2D eigenvalue weighted by Gasteiger charge is -2.34. The van der Waals surface area contributed by atoms with Gasteiger partial charge in [-0.3, -0.25) is 9.59 Å². The van der Waals surface area contributed by atoms with Gasteiger partial charge in [0.2, 0.25) is 5.91 Å². The number of likely N-dealkylation sites (tertiary alicyclic amines) is 1. The minimum absolute atomic E-state index is 0.0164. The zero-order chi connectivity index (χ0) is 23.2. The monoisotopic (exact) mass is 454 g/mol. The summed E-state index contributed by atoms with van der Waals surface area (Å²) in [6.45, 7) is 2.25. The molecule has 2 aliphatic heterocycles. The van der Waals surface area contributed by atoms with Gasteiger partial charge in [-0.05, 0) is 67.9 Å². The Bertz CT molecular complexity index is 1080. The van der Waals surface area contributed by atoms with E-state index in [2.05, 4.69) is 5.32 Å². The molecule has 0 spiro atoms. The third-order valence-corrected chi connectivity index (χ3v) is 6.99. The van der Waals surface area contributed by atoms with Crippen LogP contribution in [0.25, 0.3) is 0 Å². The zero-order valence-corrected chi connectivity index (χ0v) is 18.7. The Morgan fingerprint density at radius 2 is 1.94 bits per heavy atom. The molecule has 2 aromatic rings. The zero-order valence-electron chi connectivity index (χ0n) is 18.7. The molecule has 5 rings (SSSR count). The van der Waals surface area contributed by atoms with Crippen molar-refractivity contribution in [2.24, 2.45) is 5.92 Å². The molecule has 33 heavy (non-hydrogen) atoms. The van der Waals surface area contributed by atoms with E-state index < -0.39 is 17.8 Å². The molecule has 7 heteroatoms. The van der Waals surface area contributed by atoms with Crippen molar-refractivity contribution in [3.8, 4) is 0 Å². The molecule has 3 aliphatic rings. The van der Waals surface area contributed by atoms with Crippen LogP contribution in [0.3, 0.4) is 0 Å². The first kappa shape index (κ1) is 22.0. The fourth-order valence-corrected chi connectivity index (χ4v) is 4.84. The number of carbonyl (C=O) groups excluding carboxylic acids is 2. The van der Waals surface area contributed by atoms with Crippen LogP contribution < -0.4 is 5.32 Å². The number of nitrogens with zero attached hydrogens (tertiary/aromatic N) is 1. The van der Waals surface area contributed by atoms with Crippen LogP contribution in [0.15, 0.2) is 42.5 Å². The van der Waals surface area contributed by atoms with Gasteiger partial charge in [0, 0.05) is 17.7 Å². The largest absolute Gasteiger partial charge is 0.374 e.